The molecule has 1 aliphatic heterocycles. The SMILES string of the molecule is Cc1[nH]c(=O)c(C#N)c(C)c1CCC(=O)N1CCN(c2ccc(C(F)(F)F)cc2[N+](=O)[O-])CC1. The molecule has 9 nitrogen and oxygen atoms in total. The summed E-state index contributed by atoms with van der Waals surface area (Å²) >= 11 is 0. The number of nitrogens with one attached hydrogen (secondary N) is 1. The van der Waals surface area contributed by atoms with E-state index in [0.29, 0.717) is 23.7 Å². The molecule has 1 N–H and O–H groups in total. The van der Waals surface area contributed by atoms with Gasteiger partial charge in [-0.25, -0.2) is 0 Å². The number of nitro benzene ring substituents is 1. The van der Waals surface area contributed by atoms with Gasteiger partial charge in [-0.1, -0.05) is 0 Å². The van der Waals surface area contributed by atoms with E-state index in [2.05, 4.69) is 4.98 Å². The number of carbonyl (C=O) groups is 1. The number of aryl methyl sites for hydroxylation is 1. The first-order valence-corrected chi connectivity index (χ1v) is 10.4. The molecule has 0 bridgehead atoms. The summed E-state index contributed by atoms with van der Waals surface area (Å²) in [6.07, 6.45) is -4.23. The number of amides is 1. The molecule has 0 saturated carbocycles. The van der Waals surface area contributed by atoms with Crippen molar-refractivity contribution in [1.29, 1.82) is 5.26 Å². The molecule has 180 valence electrons. The fourth-order valence-corrected chi connectivity index (χ4v) is 4.12. The number of rotatable bonds is 5. The lowest BCUT2D eigenvalue weighted by Crippen LogP contribution is -2.49. The number of anilines is 1. The highest BCUT2D eigenvalue weighted by molar-refractivity contribution is 5.77. The van der Waals surface area contributed by atoms with Gasteiger partial charge in [0, 0.05) is 44.4 Å². The van der Waals surface area contributed by atoms with Crippen molar-refractivity contribution >= 4 is 17.3 Å². The zero-order chi connectivity index (χ0) is 25.2. The minimum absolute atomic E-state index is 0.0137. The van der Waals surface area contributed by atoms with Crippen molar-refractivity contribution in [3.8, 4) is 6.07 Å². The van der Waals surface area contributed by atoms with Crippen molar-refractivity contribution in [2.75, 3.05) is 31.1 Å². The fourth-order valence-electron chi connectivity index (χ4n) is 4.12. The van der Waals surface area contributed by atoms with Crippen LogP contribution in [0.15, 0.2) is 23.0 Å². The molecule has 2 aromatic rings. The number of nitriles is 1. The van der Waals surface area contributed by atoms with Gasteiger partial charge in [-0.15, -0.1) is 0 Å². The van der Waals surface area contributed by atoms with Crippen LogP contribution in [0.1, 0.15) is 34.4 Å². The number of nitrogens with zero attached hydrogens (tertiary/aromatic N) is 4. The summed E-state index contributed by atoms with van der Waals surface area (Å²) in [5.41, 5.74) is -0.251. The van der Waals surface area contributed by atoms with Crippen LogP contribution in [0.3, 0.4) is 0 Å². The summed E-state index contributed by atoms with van der Waals surface area (Å²) in [6.45, 7) is 4.33. The molecule has 1 fully saturated rings. The molecule has 0 atom stereocenters. The number of pyridine rings is 1. The van der Waals surface area contributed by atoms with E-state index in [1.165, 1.54) is 0 Å². The molecule has 1 aliphatic rings. The minimum Gasteiger partial charge on any atom is -0.362 e. The molecule has 3 rings (SSSR count). The van der Waals surface area contributed by atoms with E-state index in [9.17, 15) is 38.1 Å². The number of nitro groups is 1. The van der Waals surface area contributed by atoms with Crippen LogP contribution in [-0.2, 0) is 17.4 Å². The Morgan fingerprint density at radius 2 is 1.88 bits per heavy atom. The number of aromatic amines is 1. The maximum absolute atomic E-state index is 12.9. The van der Waals surface area contributed by atoms with Gasteiger partial charge in [-0.3, -0.25) is 19.7 Å². The van der Waals surface area contributed by atoms with Gasteiger partial charge in [0.05, 0.1) is 10.5 Å². The molecule has 1 saturated heterocycles. The van der Waals surface area contributed by atoms with E-state index in [1.54, 1.807) is 23.6 Å². The highest BCUT2D eigenvalue weighted by atomic mass is 19.4. The van der Waals surface area contributed by atoms with Crippen LogP contribution in [-0.4, -0.2) is 46.9 Å². The normalized spacial score (nSPS) is 14.1. The Hall–Kier alpha value is -3.88. The number of carbonyl (C=O) groups excluding carboxylic acids is 1. The van der Waals surface area contributed by atoms with Gasteiger partial charge in [0.15, 0.2) is 0 Å². The second-order valence-electron chi connectivity index (χ2n) is 8.00. The molecular weight excluding hydrogens is 455 g/mol. The van der Waals surface area contributed by atoms with Crippen molar-refractivity contribution in [3.05, 3.63) is 66.6 Å². The van der Waals surface area contributed by atoms with Crippen molar-refractivity contribution < 1.29 is 22.9 Å². The quantitative estimate of drug-likeness (QED) is 0.522. The van der Waals surface area contributed by atoms with Gasteiger partial charge in [-0.2, -0.15) is 18.4 Å². The highest BCUT2D eigenvalue weighted by Gasteiger charge is 2.34. The summed E-state index contributed by atoms with van der Waals surface area (Å²) in [6, 6.07) is 4.30. The first-order valence-electron chi connectivity index (χ1n) is 10.4. The smallest absolute Gasteiger partial charge is 0.362 e. The number of H-pyrrole nitrogens is 1. The Morgan fingerprint density at radius 3 is 2.44 bits per heavy atom. The third-order valence-corrected chi connectivity index (χ3v) is 5.98. The summed E-state index contributed by atoms with van der Waals surface area (Å²) < 4.78 is 38.8. The average Bonchev–Trinajstić information content (AvgIpc) is 2.78. The van der Waals surface area contributed by atoms with E-state index in [-0.39, 0.29) is 49.8 Å². The molecule has 1 aromatic heterocycles. The lowest BCUT2D eigenvalue weighted by Gasteiger charge is -2.36. The van der Waals surface area contributed by atoms with Gasteiger partial charge in [0.2, 0.25) is 5.91 Å². The van der Waals surface area contributed by atoms with E-state index in [0.717, 1.165) is 17.7 Å². The summed E-state index contributed by atoms with van der Waals surface area (Å²) in [5.74, 6) is -0.162. The molecule has 0 spiro atoms. The first kappa shape index (κ1) is 24.8. The van der Waals surface area contributed by atoms with E-state index >= 15 is 0 Å². The zero-order valence-electron chi connectivity index (χ0n) is 18.5. The van der Waals surface area contributed by atoms with Crippen LogP contribution < -0.4 is 10.5 Å². The minimum atomic E-state index is -4.69. The number of piperazine rings is 1. The zero-order valence-corrected chi connectivity index (χ0v) is 18.5. The number of halogens is 3. The van der Waals surface area contributed by atoms with Crippen molar-refractivity contribution in [2.24, 2.45) is 0 Å². The Bertz CT molecular complexity index is 1220. The van der Waals surface area contributed by atoms with Crippen molar-refractivity contribution in [3.63, 3.8) is 0 Å². The maximum atomic E-state index is 12.9. The summed E-state index contributed by atoms with van der Waals surface area (Å²) in [7, 11) is 0. The topological polar surface area (TPSA) is 123 Å². The van der Waals surface area contributed by atoms with Gasteiger partial charge in [-0.05, 0) is 43.5 Å². The Kier molecular flexibility index (Phi) is 6.95. The van der Waals surface area contributed by atoms with Crippen LogP contribution in [0, 0.1) is 35.3 Å². The Balaban J connectivity index is 1.67. The predicted molar refractivity (Wildman–Crippen MR) is 116 cm³/mol. The molecule has 1 amide bonds. The summed E-state index contributed by atoms with van der Waals surface area (Å²) in [5, 5.41) is 20.5. The van der Waals surface area contributed by atoms with Crippen LogP contribution >= 0.6 is 0 Å². The lowest BCUT2D eigenvalue weighted by atomic mass is 9.99. The molecule has 12 heteroatoms. The lowest BCUT2D eigenvalue weighted by molar-refractivity contribution is -0.384. The Labute approximate surface area is 192 Å². The fraction of sp³-hybridized carbons (Fsp3) is 0.409. The molecular formula is C22H22F3N5O4. The van der Waals surface area contributed by atoms with Crippen LogP contribution in [0.2, 0.25) is 0 Å². The van der Waals surface area contributed by atoms with E-state index in [4.69, 9.17) is 0 Å². The maximum Gasteiger partial charge on any atom is 0.416 e. The summed E-state index contributed by atoms with van der Waals surface area (Å²) in [4.78, 5) is 40.9. The van der Waals surface area contributed by atoms with E-state index in [1.807, 2.05) is 6.07 Å². The third kappa shape index (κ3) is 5.03. The van der Waals surface area contributed by atoms with Crippen LogP contribution in [0.5, 0.6) is 0 Å². The number of hydrogen-bond acceptors (Lipinski definition) is 6. The van der Waals surface area contributed by atoms with Gasteiger partial charge >= 0.3 is 6.18 Å². The van der Waals surface area contributed by atoms with Gasteiger partial charge < -0.3 is 14.8 Å². The molecule has 1 aromatic carbocycles. The average molecular weight is 477 g/mol. The second kappa shape index (κ2) is 9.54. The van der Waals surface area contributed by atoms with Crippen LogP contribution in [0.4, 0.5) is 24.5 Å². The molecule has 0 radical (unpaired) electrons. The molecule has 34 heavy (non-hydrogen) atoms. The number of alkyl halides is 3. The monoisotopic (exact) mass is 477 g/mol. The van der Waals surface area contributed by atoms with Crippen molar-refractivity contribution in [1.82, 2.24) is 9.88 Å². The van der Waals surface area contributed by atoms with Crippen LogP contribution in [0.25, 0.3) is 0 Å². The van der Waals surface area contributed by atoms with Crippen molar-refractivity contribution in [2.45, 2.75) is 32.9 Å². The third-order valence-electron chi connectivity index (χ3n) is 5.98. The predicted octanol–water partition coefficient (Wildman–Crippen LogP) is 3.07. The molecule has 2 heterocycles. The highest BCUT2D eigenvalue weighted by Crippen LogP contribution is 2.36. The largest absolute Gasteiger partial charge is 0.416 e. The molecule has 0 unspecified atom stereocenters. The standard InChI is InChI=1S/C22H22F3N5O4/c1-13-16(14(2)27-21(32)17(13)12-26)4-6-20(31)29-9-7-28(8-10-29)18-5-3-15(22(23,24)25)11-19(18)30(33)34/h3,5,11H,4,6-10H2,1-2H3,(H,27,32). The number of aromatic nitrogens is 1. The number of benzene rings is 1. The van der Waals surface area contributed by atoms with E-state index < -0.39 is 27.9 Å². The second-order valence-corrected chi connectivity index (χ2v) is 8.00. The number of hydrogen-bond donors (Lipinski definition) is 1. The Morgan fingerprint density at radius 1 is 1.24 bits per heavy atom. The molecule has 0 aliphatic carbocycles. The van der Waals surface area contributed by atoms with Gasteiger partial charge in [0.25, 0.3) is 11.2 Å². The van der Waals surface area contributed by atoms with Gasteiger partial charge in [0.1, 0.15) is 17.3 Å². The first-order chi connectivity index (χ1) is 15.9.